The number of rotatable bonds is 6. The topological polar surface area (TPSA) is 48.5 Å². The van der Waals surface area contributed by atoms with E-state index in [9.17, 15) is 4.79 Å². The zero-order valence-corrected chi connectivity index (χ0v) is 14.8. The Hall–Kier alpha value is -2.08. The number of anilines is 1. The fraction of sp³-hybridized carbons (Fsp3) is 0.444. The number of aromatic nitrogens is 1. The molecule has 0 saturated carbocycles. The minimum absolute atomic E-state index is 0.0594. The third kappa shape index (κ3) is 4.06. The lowest BCUT2D eigenvalue weighted by molar-refractivity contribution is 0.193. The summed E-state index contributed by atoms with van der Waals surface area (Å²) >= 11 is 1.69. The van der Waals surface area contributed by atoms with Gasteiger partial charge < -0.3 is 15.1 Å². The summed E-state index contributed by atoms with van der Waals surface area (Å²) in [4.78, 5) is 20.9. The number of nitrogens with one attached hydrogen (secondary N) is 1. The molecule has 2 amide bonds. The molecule has 2 aromatic heterocycles. The molecule has 1 aliphatic rings. The van der Waals surface area contributed by atoms with Gasteiger partial charge in [0.15, 0.2) is 0 Å². The molecule has 3 heterocycles. The highest BCUT2D eigenvalue weighted by Gasteiger charge is 2.29. The van der Waals surface area contributed by atoms with Crippen LogP contribution >= 0.6 is 11.3 Å². The van der Waals surface area contributed by atoms with Crippen LogP contribution in [0.15, 0.2) is 41.2 Å². The zero-order chi connectivity index (χ0) is 16.8. The van der Waals surface area contributed by atoms with Gasteiger partial charge in [0, 0.05) is 32.9 Å². The molecular formula is C18H24N4OS. The van der Waals surface area contributed by atoms with Crippen LogP contribution in [-0.2, 0) is 0 Å². The van der Waals surface area contributed by atoms with Crippen molar-refractivity contribution in [3.8, 4) is 0 Å². The lowest BCUT2D eigenvalue weighted by atomic mass is 10.1. The van der Waals surface area contributed by atoms with Crippen molar-refractivity contribution in [2.75, 3.05) is 31.6 Å². The molecule has 1 N–H and O–H groups in total. The van der Waals surface area contributed by atoms with E-state index in [0.29, 0.717) is 6.54 Å². The van der Waals surface area contributed by atoms with Crippen LogP contribution in [0.5, 0.6) is 0 Å². The SMILES string of the molecule is CN(CCCNC(=O)N1CCC[C@H]1c1ccsc1)c1ccccn1. The number of hydrogen-bond acceptors (Lipinski definition) is 4. The van der Waals surface area contributed by atoms with Crippen LogP contribution in [0.2, 0.25) is 0 Å². The number of urea groups is 1. The molecule has 0 unspecified atom stereocenters. The second-order valence-corrected chi connectivity index (χ2v) is 6.88. The maximum absolute atomic E-state index is 12.5. The third-order valence-corrected chi connectivity index (χ3v) is 5.13. The van der Waals surface area contributed by atoms with Crippen LogP contribution in [0.3, 0.4) is 0 Å². The molecule has 5 nitrogen and oxygen atoms in total. The molecule has 6 heteroatoms. The fourth-order valence-corrected chi connectivity index (χ4v) is 3.84. The van der Waals surface area contributed by atoms with Gasteiger partial charge in [0.05, 0.1) is 6.04 Å². The van der Waals surface area contributed by atoms with Crippen molar-refractivity contribution >= 4 is 23.2 Å². The van der Waals surface area contributed by atoms with Crippen LogP contribution in [0.25, 0.3) is 0 Å². The number of pyridine rings is 1. The van der Waals surface area contributed by atoms with E-state index in [4.69, 9.17) is 0 Å². The normalized spacial score (nSPS) is 17.0. The van der Waals surface area contributed by atoms with Crippen LogP contribution in [0.1, 0.15) is 30.9 Å². The molecule has 2 aromatic rings. The van der Waals surface area contributed by atoms with Gasteiger partial charge in [-0.2, -0.15) is 11.3 Å². The van der Waals surface area contributed by atoms with E-state index in [1.54, 1.807) is 17.5 Å². The Morgan fingerprint density at radius 3 is 3.12 bits per heavy atom. The number of amides is 2. The number of carbonyl (C=O) groups is 1. The molecule has 0 bridgehead atoms. The highest BCUT2D eigenvalue weighted by Crippen LogP contribution is 2.32. The molecule has 128 valence electrons. The quantitative estimate of drug-likeness (QED) is 0.816. The summed E-state index contributed by atoms with van der Waals surface area (Å²) in [7, 11) is 2.03. The molecule has 0 aliphatic carbocycles. The number of likely N-dealkylation sites (tertiary alicyclic amines) is 1. The van der Waals surface area contributed by atoms with Crippen molar-refractivity contribution in [2.45, 2.75) is 25.3 Å². The maximum atomic E-state index is 12.5. The molecule has 0 spiro atoms. The molecule has 24 heavy (non-hydrogen) atoms. The minimum atomic E-state index is 0.0594. The average Bonchev–Trinajstić information content (AvgIpc) is 3.29. The Labute approximate surface area is 147 Å². The van der Waals surface area contributed by atoms with Gasteiger partial charge in [-0.1, -0.05) is 6.07 Å². The third-order valence-electron chi connectivity index (χ3n) is 4.43. The highest BCUT2D eigenvalue weighted by molar-refractivity contribution is 7.07. The summed E-state index contributed by atoms with van der Waals surface area (Å²) in [6.45, 7) is 2.40. The second kappa shape index (κ2) is 8.15. The van der Waals surface area contributed by atoms with Gasteiger partial charge in [-0.15, -0.1) is 0 Å². The van der Waals surface area contributed by atoms with E-state index in [2.05, 4.69) is 32.0 Å². The number of nitrogens with zero attached hydrogens (tertiary/aromatic N) is 3. The first-order valence-electron chi connectivity index (χ1n) is 8.44. The largest absolute Gasteiger partial charge is 0.360 e. The number of carbonyl (C=O) groups excluding carboxylic acids is 1. The predicted octanol–water partition coefficient (Wildman–Crippen LogP) is 3.52. The maximum Gasteiger partial charge on any atom is 0.317 e. The highest BCUT2D eigenvalue weighted by atomic mass is 32.1. The Bertz CT molecular complexity index is 632. The molecule has 1 fully saturated rings. The molecule has 0 aromatic carbocycles. The molecule has 1 saturated heterocycles. The van der Waals surface area contributed by atoms with Crippen molar-refractivity contribution in [2.24, 2.45) is 0 Å². The Balaban J connectivity index is 1.42. The van der Waals surface area contributed by atoms with Gasteiger partial charge in [0.2, 0.25) is 0 Å². The van der Waals surface area contributed by atoms with Crippen molar-refractivity contribution in [1.82, 2.24) is 15.2 Å². The van der Waals surface area contributed by atoms with Gasteiger partial charge >= 0.3 is 6.03 Å². The fourth-order valence-electron chi connectivity index (χ4n) is 3.13. The summed E-state index contributed by atoms with van der Waals surface area (Å²) in [5.74, 6) is 0.959. The first kappa shape index (κ1) is 16.8. The Kier molecular flexibility index (Phi) is 5.69. The van der Waals surface area contributed by atoms with Crippen molar-refractivity contribution in [3.05, 3.63) is 46.8 Å². The molecule has 1 atom stereocenters. The van der Waals surface area contributed by atoms with Crippen LogP contribution in [-0.4, -0.2) is 42.6 Å². The van der Waals surface area contributed by atoms with E-state index >= 15 is 0 Å². The molecule has 1 aliphatic heterocycles. The first-order chi connectivity index (χ1) is 11.8. The average molecular weight is 344 g/mol. The van der Waals surface area contributed by atoms with Crippen LogP contribution in [0, 0.1) is 0 Å². The second-order valence-electron chi connectivity index (χ2n) is 6.10. The smallest absolute Gasteiger partial charge is 0.317 e. The minimum Gasteiger partial charge on any atom is -0.360 e. The summed E-state index contributed by atoms with van der Waals surface area (Å²) in [6, 6.07) is 8.32. The standard InChI is InChI=1S/C18H24N4OS/c1-21(17-7-2-3-9-19-17)11-5-10-20-18(23)22-12-4-6-16(22)15-8-13-24-14-15/h2-3,7-9,13-14,16H,4-6,10-12H2,1H3,(H,20,23)/t16-/m0/s1. The van der Waals surface area contributed by atoms with E-state index in [0.717, 1.165) is 38.2 Å². The summed E-state index contributed by atoms with van der Waals surface area (Å²) < 4.78 is 0. The Morgan fingerprint density at radius 2 is 2.38 bits per heavy atom. The van der Waals surface area contributed by atoms with Gasteiger partial charge in [0.1, 0.15) is 5.82 Å². The zero-order valence-electron chi connectivity index (χ0n) is 14.0. The predicted molar refractivity (Wildman–Crippen MR) is 98.5 cm³/mol. The van der Waals surface area contributed by atoms with Gasteiger partial charge in [-0.25, -0.2) is 9.78 Å². The van der Waals surface area contributed by atoms with E-state index < -0.39 is 0 Å². The molecular weight excluding hydrogens is 320 g/mol. The van der Waals surface area contributed by atoms with Crippen LogP contribution in [0.4, 0.5) is 10.6 Å². The van der Waals surface area contributed by atoms with Gasteiger partial charge in [0.25, 0.3) is 0 Å². The molecule has 0 radical (unpaired) electrons. The van der Waals surface area contributed by atoms with Gasteiger partial charge in [-0.3, -0.25) is 0 Å². The van der Waals surface area contributed by atoms with Crippen LogP contribution < -0.4 is 10.2 Å². The van der Waals surface area contributed by atoms with E-state index in [1.807, 2.05) is 30.1 Å². The lowest BCUT2D eigenvalue weighted by Crippen LogP contribution is -2.40. The lowest BCUT2D eigenvalue weighted by Gasteiger charge is -2.25. The number of thiophene rings is 1. The van der Waals surface area contributed by atoms with E-state index in [1.165, 1.54) is 5.56 Å². The van der Waals surface area contributed by atoms with Crippen molar-refractivity contribution in [1.29, 1.82) is 0 Å². The first-order valence-corrected chi connectivity index (χ1v) is 9.39. The summed E-state index contributed by atoms with van der Waals surface area (Å²) in [5, 5.41) is 7.30. The van der Waals surface area contributed by atoms with Crippen molar-refractivity contribution < 1.29 is 4.79 Å². The monoisotopic (exact) mass is 344 g/mol. The summed E-state index contributed by atoms with van der Waals surface area (Å²) in [5.41, 5.74) is 1.27. The Morgan fingerprint density at radius 1 is 1.46 bits per heavy atom. The summed E-state index contributed by atoms with van der Waals surface area (Å²) in [6.07, 6.45) is 4.84. The number of hydrogen-bond donors (Lipinski definition) is 1. The van der Waals surface area contributed by atoms with Crippen molar-refractivity contribution in [3.63, 3.8) is 0 Å². The molecule has 3 rings (SSSR count). The van der Waals surface area contributed by atoms with E-state index in [-0.39, 0.29) is 12.1 Å². The van der Waals surface area contributed by atoms with Gasteiger partial charge in [-0.05, 0) is 53.8 Å².